The first-order valence-corrected chi connectivity index (χ1v) is 10.4. The Morgan fingerprint density at radius 2 is 1.96 bits per heavy atom. The van der Waals surface area contributed by atoms with Crippen LogP contribution in [0.5, 0.6) is 0 Å². The summed E-state index contributed by atoms with van der Waals surface area (Å²) in [4.78, 5) is 38.7. The third-order valence-electron chi connectivity index (χ3n) is 3.92. The number of thiocarbonyl (C=S) groups is 1. The first-order chi connectivity index (χ1) is 13.4. The Balaban J connectivity index is 1.52. The summed E-state index contributed by atoms with van der Waals surface area (Å²) < 4.78 is 0.445. The molecule has 0 spiro atoms. The van der Waals surface area contributed by atoms with E-state index in [1.807, 2.05) is 23.6 Å². The summed E-state index contributed by atoms with van der Waals surface area (Å²) in [6, 6.07) is 9.85. The van der Waals surface area contributed by atoms with Crippen molar-refractivity contribution in [2.45, 2.75) is 12.8 Å². The fraction of sp³-hybridized carbons (Fsp3) is 0.158. The van der Waals surface area contributed by atoms with E-state index in [0.717, 1.165) is 0 Å². The smallest absolute Gasteiger partial charge is 0.335 e. The Kier molecular flexibility index (Phi) is 6.61. The number of benzene rings is 1. The van der Waals surface area contributed by atoms with Gasteiger partial charge in [0.05, 0.1) is 10.5 Å². The SMILES string of the molecule is O=C(CCN1C(=O)/C(=C/Cc2cccs2)SC1=S)Nc1ccc(C(=O)O)cc1. The standard InChI is InChI=1S/C19H16N2O4S3/c22-16(20-13-5-3-12(4-6-13)18(24)25)9-10-21-17(23)15(28-19(21)26)8-7-14-2-1-11-27-14/h1-6,8,11H,7,9-10H2,(H,20,22)(H,24,25)/b15-8-. The summed E-state index contributed by atoms with van der Waals surface area (Å²) in [7, 11) is 0. The monoisotopic (exact) mass is 432 g/mol. The predicted octanol–water partition coefficient (Wildman–Crippen LogP) is 3.76. The Morgan fingerprint density at radius 1 is 1.21 bits per heavy atom. The van der Waals surface area contributed by atoms with Crippen LogP contribution in [0.15, 0.2) is 52.8 Å². The molecule has 2 heterocycles. The van der Waals surface area contributed by atoms with Crippen LogP contribution in [-0.2, 0) is 16.0 Å². The number of carboxylic acids is 1. The van der Waals surface area contributed by atoms with Gasteiger partial charge in [-0.15, -0.1) is 11.3 Å². The highest BCUT2D eigenvalue weighted by molar-refractivity contribution is 8.26. The van der Waals surface area contributed by atoms with Gasteiger partial charge in [0.1, 0.15) is 4.32 Å². The third-order valence-corrected chi connectivity index (χ3v) is 6.25. The molecule has 6 nitrogen and oxygen atoms in total. The summed E-state index contributed by atoms with van der Waals surface area (Å²) in [6.07, 6.45) is 2.63. The number of thiophene rings is 1. The number of anilines is 1. The number of allylic oxidation sites excluding steroid dienone is 1. The summed E-state index contributed by atoms with van der Waals surface area (Å²) >= 11 is 8.15. The zero-order valence-electron chi connectivity index (χ0n) is 14.6. The van der Waals surface area contributed by atoms with Crippen molar-refractivity contribution in [3.05, 3.63) is 63.2 Å². The second kappa shape index (κ2) is 9.13. The molecule has 0 radical (unpaired) electrons. The molecule has 1 fully saturated rings. The van der Waals surface area contributed by atoms with Crippen molar-refractivity contribution >= 4 is 63.1 Å². The van der Waals surface area contributed by atoms with Crippen molar-refractivity contribution in [1.29, 1.82) is 0 Å². The molecule has 1 aliphatic rings. The van der Waals surface area contributed by atoms with Gasteiger partial charge in [0.25, 0.3) is 5.91 Å². The summed E-state index contributed by atoms with van der Waals surface area (Å²) in [5.74, 6) is -1.48. The van der Waals surface area contributed by atoms with E-state index in [4.69, 9.17) is 17.3 Å². The molecule has 2 N–H and O–H groups in total. The molecule has 0 bridgehead atoms. The number of carbonyl (C=O) groups is 3. The molecule has 1 aliphatic heterocycles. The molecule has 2 amide bonds. The quantitative estimate of drug-likeness (QED) is 0.512. The molecule has 1 aromatic carbocycles. The molecule has 0 atom stereocenters. The van der Waals surface area contributed by atoms with Gasteiger partial charge in [0.15, 0.2) is 0 Å². The van der Waals surface area contributed by atoms with Crippen LogP contribution in [0.2, 0.25) is 0 Å². The predicted molar refractivity (Wildman–Crippen MR) is 115 cm³/mol. The molecular formula is C19H16N2O4S3. The van der Waals surface area contributed by atoms with Crippen LogP contribution in [-0.4, -0.2) is 38.7 Å². The van der Waals surface area contributed by atoms with Crippen molar-refractivity contribution in [2.24, 2.45) is 0 Å². The van der Waals surface area contributed by atoms with E-state index in [2.05, 4.69) is 5.32 Å². The van der Waals surface area contributed by atoms with E-state index >= 15 is 0 Å². The summed E-state index contributed by atoms with van der Waals surface area (Å²) in [5, 5.41) is 13.6. The fourth-order valence-corrected chi connectivity index (χ4v) is 4.43. The van der Waals surface area contributed by atoms with Crippen LogP contribution in [0.25, 0.3) is 0 Å². The summed E-state index contributed by atoms with van der Waals surface area (Å²) in [5.41, 5.74) is 0.640. The number of nitrogens with zero attached hydrogens (tertiary/aromatic N) is 1. The molecule has 144 valence electrons. The van der Waals surface area contributed by atoms with Crippen LogP contribution in [0.4, 0.5) is 5.69 Å². The van der Waals surface area contributed by atoms with Gasteiger partial charge in [-0.05, 0) is 35.7 Å². The average molecular weight is 433 g/mol. The molecule has 0 unspecified atom stereocenters. The minimum atomic E-state index is -1.03. The largest absolute Gasteiger partial charge is 0.478 e. The fourth-order valence-electron chi connectivity index (χ4n) is 2.49. The first-order valence-electron chi connectivity index (χ1n) is 8.33. The number of hydrogen-bond donors (Lipinski definition) is 2. The lowest BCUT2D eigenvalue weighted by Crippen LogP contribution is -2.31. The maximum absolute atomic E-state index is 12.5. The molecule has 28 heavy (non-hydrogen) atoms. The lowest BCUT2D eigenvalue weighted by Gasteiger charge is -2.14. The van der Waals surface area contributed by atoms with Crippen molar-refractivity contribution in [2.75, 3.05) is 11.9 Å². The minimum absolute atomic E-state index is 0.0886. The maximum atomic E-state index is 12.5. The highest BCUT2D eigenvalue weighted by Crippen LogP contribution is 2.31. The van der Waals surface area contributed by atoms with Crippen molar-refractivity contribution in [3.63, 3.8) is 0 Å². The van der Waals surface area contributed by atoms with Crippen LogP contribution in [0.3, 0.4) is 0 Å². The van der Waals surface area contributed by atoms with Crippen LogP contribution < -0.4 is 5.32 Å². The summed E-state index contributed by atoms with van der Waals surface area (Å²) in [6.45, 7) is 0.194. The van der Waals surface area contributed by atoms with Crippen molar-refractivity contribution in [1.82, 2.24) is 4.90 Å². The van der Waals surface area contributed by atoms with E-state index in [1.54, 1.807) is 11.3 Å². The highest BCUT2D eigenvalue weighted by atomic mass is 32.2. The second-order valence-corrected chi connectivity index (χ2v) is 8.57. The van der Waals surface area contributed by atoms with E-state index in [0.29, 0.717) is 21.3 Å². The molecule has 1 saturated heterocycles. The van der Waals surface area contributed by atoms with E-state index in [1.165, 1.54) is 45.8 Å². The number of rotatable bonds is 7. The van der Waals surface area contributed by atoms with Gasteiger partial charge in [-0.3, -0.25) is 14.5 Å². The Hall–Kier alpha value is -2.49. The molecule has 1 aromatic heterocycles. The number of hydrogen-bond acceptors (Lipinski definition) is 6. The topological polar surface area (TPSA) is 86.7 Å². The number of nitrogens with one attached hydrogen (secondary N) is 1. The number of amides is 2. The Bertz CT molecular complexity index is 937. The molecule has 2 aromatic rings. The highest BCUT2D eigenvalue weighted by Gasteiger charge is 2.31. The zero-order chi connectivity index (χ0) is 20.1. The second-order valence-electron chi connectivity index (χ2n) is 5.86. The molecule has 3 rings (SSSR count). The van der Waals surface area contributed by atoms with Gasteiger partial charge in [0, 0.05) is 30.0 Å². The number of carbonyl (C=O) groups excluding carboxylic acids is 2. The lowest BCUT2D eigenvalue weighted by atomic mass is 10.2. The average Bonchev–Trinajstić information content (AvgIpc) is 3.27. The number of aromatic carboxylic acids is 1. The number of thioether (sulfide) groups is 1. The Morgan fingerprint density at radius 3 is 2.61 bits per heavy atom. The molecular weight excluding hydrogens is 416 g/mol. The van der Waals surface area contributed by atoms with Crippen LogP contribution >= 0.6 is 35.3 Å². The van der Waals surface area contributed by atoms with Crippen molar-refractivity contribution in [3.8, 4) is 0 Å². The molecule has 0 saturated carbocycles. The van der Waals surface area contributed by atoms with Crippen molar-refractivity contribution < 1.29 is 19.5 Å². The molecule has 9 heteroatoms. The first kappa shape index (κ1) is 20.2. The van der Waals surface area contributed by atoms with Gasteiger partial charge in [-0.25, -0.2) is 4.79 Å². The van der Waals surface area contributed by atoms with E-state index < -0.39 is 5.97 Å². The van der Waals surface area contributed by atoms with Gasteiger partial charge >= 0.3 is 5.97 Å². The van der Waals surface area contributed by atoms with Crippen LogP contribution in [0, 0.1) is 0 Å². The maximum Gasteiger partial charge on any atom is 0.335 e. The number of carboxylic acid groups (broad SMARTS) is 1. The molecule has 0 aliphatic carbocycles. The Labute approximate surface area is 175 Å². The van der Waals surface area contributed by atoms with Gasteiger partial charge in [0.2, 0.25) is 5.91 Å². The lowest BCUT2D eigenvalue weighted by molar-refractivity contribution is -0.122. The normalized spacial score (nSPS) is 15.3. The minimum Gasteiger partial charge on any atom is -0.478 e. The van der Waals surface area contributed by atoms with Gasteiger partial charge < -0.3 is 10.4 Å². The van der Waals surface area contributed by atoms with E-state index in [-0.39, 0.29) is 30.3 Å². The van der Waals surface area contributed by atoms with Gasteiger partial charge in [-0.2, -0.15) is 0 Å². The third kappa shape index (κ3) is 5.06. The van der Waals surface area contributed by atoms with E-state index in [9.17, 15) is 14.4 Å². The zero-order valence-corrected chi connectivity index (χ0v) is 17.0. The van der Waals surface area contributed by atoms with Crippen LogP contribution in [0.1, 0.15) is 21.7 Å². The van der Waals surface area contributed by atoms with Gasteiger partial charge in [-0.1, -0.05) is 36.1 Å².